The van der Waals surface area contributed by atoms with Gasteiger partial charge in [0.25, 0.3) is 0 Å². The number of imide groups is 1. The quantitative estimate of drug-likeness (QED) is 0.785. The van der Waals surface area contributed by atoms with Crippen LogP contribution in [0.1, 0.15) is 32.1 Å². The summed E-state index contributed by atoms with van der Waals surface area (Å²) in [5.41, 5.74) is 1.83. The first kappa shape index (κ1) is 18.9. The lowest BCUT2D eigenvalue weighted by atomic mass is 9.81. The van der Waals surface area contributed by atoms with Crippen molar-refractivity contribution < 1.29 is 19.1 Å². The van der Waals surface area contributed by atoms with E-state index in [-0.39, 0.29) is 42.5 Å². The number of fused-ring (bicyclic) bond motifs is 1. The van der Waals surface area contributed by atoms with Crippen LogP contribution in [-0.4, -0.2) is 55.5 Å². The molecule has 1 aromatic rings. The van der Waals surface area contributed by atoms with Gasteiger partial charge < -0.3 is 15.0 Å². The summed E-state index contributed by atoms with van der Waals surface area (Å²) < 4.78 is 5.36. The highest BCUT2D eigenvalue weighted by molar-refractivity contribution is 6.05. The number of nitrogens with zero attached hydrogens (tertiary/aromatic N) is 2. The molecule has 0 bridgehead atoms. The molecule has 7 heteroatoms. The molecule has 3 aliphatic rings. The lowest BCUT2D eigenvalue weighted by molar-refractivity contribution is -0.140. The van der Waals surface area contributed by atoms with Gasteiger partial charge in [-0.15, -0.1) is 0 Å². The standard InChI is InChI=1S/C21H27N3O4/c25-19(9-10-24-20(26)17-3-1-2-4-18(17)21(24)27)22-15-5-7-16(8-6-15)23-11-13-28-14-12-23/h5-8,17-18H,1-4,9-14H2,(H,22,25). The Hall–Kier alpha value is -2.41. The van der Waals surface area contributed by atoms with Gasteiger partial charge >= 0.3 is 0 Å². The zero-order valence-electron chi connectivity index (χ0n) is 16.1. The van der Waals surface area contributed by atoms with Gasteiger partial charge in [0.15, 0.2) is 0 Å². The van der Waals surface area contributed by atoms with E-state index in [1.54, 1.807) is 0 Å². The van der Waals surface area contributed by atoms with Crippen molar-refractivity contribution in [2.75, 3.05) is 43.1 Å². The predicted octanol–water partition coefficient (Wildman–Crippen LogP) is 2.03. The van der Waals surface area contributed by atoms with Crippen LogP contribution in [0.15, 0.2) is 24.3 Å². The molecular weight excluding hydrogens is 358 g/mol. The minimum Gasteiger partial charge on any atom is -0.378 e. The Bertz CT molecular complexity index is 719. The van der Waals surface area contributed by atoms with Crippen LogP contribution in [0.5, 0.6) is 0 Å². The number of likely N-dealkylation sites (tertiary alicyclic amines) is 1. The highest BCUT2D eigenvalue weighted by Crippen LogP contribution is 2.38. The van der Waals surface area contributed by atoms with E-state index in [1.165, 1.54) is 4.90 Å². The van der Waals surface area contributed by atoms with Gasteiger partial charge in [-0.05, 0) is 37.1 Å². The van der Waals surface area contributed by atoms with Crippen LogP contribution in [0.2, 0.25) is 0 Å². The molecule has 150 valence electrons. The van der Waals surface area contributed by atoms with E-state index in [1.807, 2.05) is 24.3 Å². The van der Waals surface area contributed by atoms with E-state index in [0.29, 0.717) is 0 Å². The number of ether oxygens (including phenoxy) is 1. The van der Waals surface area contributed by atoms with E-state index in [2.05, 4.69) is 10.2 Å². The number of hydrogen-bond donors (Lipinski definition) is 1. The summed E-state index contributed by atoms with van der Waals surface area (Å²) in [5, 5.41) is 2.86. The molecule has 0 radical (unpaired) electrons. The number of carbonyl (C=O) groups is 3. The molecule has 4 rings (SSSR count). The predicted molar refractivity (Wildman–Crippen MR) is 105 cm³/mol. The lowest BCUT2D eigenvalue weighted by Crippen LogP contribution is -2.36. The Morgan fingerprint density at radius 3 is 2.21 bits per heavy atom. The van der Waals surface area contributed by atoms with Crippen LogP contribution in [0, 0.1) is 11.8 Å². The van der Waals surface area contributed by atoms with Gasteiger partial charge in [0.05, 0.1) is 25.0 Å². The molecule has 1 N–H and O–H groups in total. The molecule has 3 fully saturated rings. The topological polar surface area (TPSA) is 79.0 Å². The van der Waals surface area contributed by atoms with Crippen LogP contribution >= 0.6 is 0 Å². The average molecular weight is 385 g/mol. The molecule has 2 saturated heterocycles. The summed E-state index contributed by atoms with van der Waals surface area (Å²) in [7, 11) is 0. The average Bonchev–Trinajstić information content (AvgIpc) is 2.98. The van der Waals surface area contributed by atoms with Crippen molar-refractivity contribution >= 4 is 29.1 Å². The molecule has 3 amide bonds. The van der Waals surface area contributed by atoms with Gasteiger partial charge in [-0.25, -0.2) is 0 Å². The summed E-state index contributed by atoms with van der Waals surface area (Å²) in [6, 6.07) is 7.73. The Morgan fingerprint density at radius 2 is 1.61 bits per heavy atom. The Kier molecular flexibility index (Phi) is 5.62. The number of nitrogens with one attached hydrogen (secondary N) is 1. The normalized spacial score (nSPS) is 25.0. The molecule has 2 aliphatic heterocycles. The van der Waals surface area contributed by atoms with Crippen molar-refractivity contribution in [1.29, 1.82) is 0 Å². The van der Waals surface area contributed by atoms with Crippen LogP contribution in [0.3, 0.4) is 0 Å². The lowest BCUT2D eigenvalue weighted by Gasteiger charge is -2.28. The molecule has 0 spiro atoms. The van der Waals surface area contributed by atoms with Crippen LogP contribution in [0.4, 0.5) is 11.4 Å². The zero-order valence-corrected chi connectivity index (χ0v) is 16.1. The van der Waals surface area contributed by atoms with Crippen molar-refractivity contribution in [3.05, 3.63) is 24.3 Å². The molecule has 1 saturated carbocycles. The molecule has 28 heavy (non-hydrogen) atoms. The number of rotatable bonds is 5. The number of anilines is 2. The summed E-state index contributed by atoms with van der Waals surface area (Å²) >= 11 is 0. The van der Waals surface area contributed by atoms with Crippen LogP contribution in [-0.2, 0) is 19.1 Å². The number of morpholine rings is 1. The van der Waals surface area contributed by atoms with E-state index in [9.17, 15) is 14.4 Å². The van der Waals surface area contributed by atoms with E-state index >= 15 is 0 Å². The summed E-state index contributed by atoms with van der Waals surface area (Å²) in [5.74, 6) is -0.668. The fraction of sp³-hybridized carbons (Fsp3) is 0.571. The van der Waals surface area contributed by atoms with E-state index < -0.39 is 0 Å². The molecule has 1 aliphatic carbocycles. The summed E-state index contributed by atoms with van der Waals surface area (Å²) in [6.07, 6.45) is 3.74. The highest BCUT2D eigenvalue weighted by atomic mass is 16.5. The summed E-state index contributed by atoms with van der Waals surface area (Å²) in [4.78, 5) is 40.8. The van der Waals surface area contributed by atoms with Crippen molar-refractivity contribution in [1.82, 2.24) is 4.90 Å². The Labute approximate surface area is 165 Å². The smallest absolute Gasteiger partial charge is 0.233 e. The molecule has 1 aromatic carbocycles. The first-order valence-corrected chi connectivity index (χ1v) is 10.2. The second-order valence-corrected chi connectivity index (χ2v) is 7.77. The van der Waals surface area contributed by atoms with Crippen molar-refractivity contribution in [2.24, 2.45) is 11.8 Å². The first-order chi connectivity index (χ1) is 13.6. The number of hydrogen-bond acceptors (Lipinski definition) is 5. The van der Waals surface area contributed by atoms with Gasteiger partial charge in [0.1, 0.15) is 0 Å². The van der Waals surface area contributed by atoms with Crippen LogP contribution in [0.25, 0.3) is 0 Å². The molecule has 2 atom stereocenters. The second kappa shape index (κ2) is 8.31. The first-order valence-electron chi connectivity index (χ1n) is 10.2. The van der Waals surface area contributed by atoms with Gasteiger partial charge in [-0.1, -0.05) is 12.8 Å². The van der Waals surface area contributed by atoms with Crippen molar-refractivity contribution in [3.8, 4) is 0 Å². The fourth-order valence-corrected chi connectivity index (χ4v) is 4.47. The maximum Gasteiger partial charge on any atom is 0.233 e. The van der Waals surface area contributed by atoms with E-state index in [4.69, 9.17) is 4.74 Å². The third-order valence-corrected chi connectivity index (χ3v) is 6.02. The van der Waals surface area contributed by atoms with Gasteiger partial charge in [0, 0.05) is 37.4 Å². The largest absolute Gasteiger partial charge is 0.378 e. The zero-order chi connectivity index (χ0) is 19.5. The SMILES string of the molecule is O=C(CCN1C(=O)C2CCCCC2C1=O)Nc1ccc(N2CCOCC2)cc1. The number of benzene rings is 1. The van der Waals surface area contributed by atoms with Gasteiger partial charge in [-0.3, -0.25) is 19.3 Å². The molecule has 2 heterocycles. The van der Waals surface area contributed by atoms with Crippen molar-refractivity contribution in [2.45, 2.75) is 32.1 Å². The van der Waals surface area contributed by atoms with E-state index in [0.717, 1.165) is 63.4 Å². The highest BCUT2D eigenvalue weighted by Gasteiger charge is 2.47. The van der Waals surface area contributed by atoms with Gasteiger partial charge in [-0.2, -0.15) is 0 Å². The second-order valence-electron chi connectivity index (χ2n) is 7.77. The Morgan fingerprint density at radius 1 is 1.00 bits per heavy atom. The van der Waals surface area contributed by atoms with Crippen molar-refractivity contribution in [3.63, 3.8) is 0 Å². The molecule has 7 nitrogen and oxygen atoms in total. The van der Waals surface area contributed by atoms with Crippen LogP contribution < -0.4 is 10.2 Å². The minimum absolute atomic E-state index is 0.0858. The minimum atomic E-state index is -0.186. The monoisotopic (exact) mass is 385 g/mol. The number of carbonyl (C=O) groups excluding carboxylic acids is 3. The molecule has 2 unspecified atom stereocenters. The van der Waals surface area contributed by atoms with Gasteiger partial charge in [0.2, 0.25) is 17.7 Å². The summed E-state index contributed by atoms with van der Waals surface area (Å²) in [6.45, 7) is 3.36. The maximum atomic E-state index is 12.5. The third-order valence-electron chi connectivity index (χ3n) is 6.02. The maximum absolute atomic E-state index is 12.5. The molecular formula is C21H27N3O4. The fourth-order valence-electron chi connectivity index (χ4n) is 4.47. The Balaban J connectivity index is 1.28. The number of amides is 3. The molecule has 0 aromatic heterocycles. The third kappa shape index (κ3) is 3.90.